The number of carbonyl (C=O) groups is 2. The van der Waals surface area contributed by atoms with Crippen molar-refractivity contribution < 1.29 is 19.1 Å². The van der Waals surface area contributed by atoms with Gasteiger partial charge in [0.15, 0.2) is 0 Å². The number of carbonyl (C=O) groups excluding carboxylic acids is 2. The van der Waals surface area contributed by atoms with Crippen LogP contribution in [0.4, 0.5) is 0 Å². The van der Waals surface area contributed by atoms with Crippen LogP contribution >= 0.6 is 11.6 Å². The van der Waals surface area contributed by atoms with E-state index < -0.39 is 18.1 Å². The largest absolute Gasteiger partial charge is 0.466 e. The zero-order valence-corrected chi connectivity index (χ0v) is 16.4. The van der Waals surface area contributed by atoms with Crippen LogP contribution in [-0.2, 0) is 14.3 Å². The predicted molar refractivity (Wildman–Crippen MR) is 108 cm³/mol. The molecule has 2 aliphatic heterocycles. The Morgan fingerprint density at radius 3 is 2.66 bits per heavy atom. The highest BCUT2D eigenvalue weighted by Gasteiger charge is 2.56. The highest BCUT2D eigenvalue weighted by molar-refractivity contribution is 6.31. The van der Waals surface area contributed by atoms with Gasteiger partial charge in [0.2, 0.25) is 0 Å². The van der Waals surface area contributed by atoms with Crippen molar-refractivity contribution in [2.45, 2.75) is 25.2 Å². The van der Waals surface area contributed by atoms with E-state index in [4.69, 9.17) is 21.1 Å². The number of hydrogen-bond donors (Lipinski definition) is 2. The Hall–Kier alpha value is -2.83. The first-order valence-corrected chi connectivity index (χ1v) is 9.94. The Morgan fingerprint density at radius 1 is 1.14 bits per heavy atom. The molecule has 4 atom stereocenters. The summed E-state index contributed by atoms with van der Waals surface area (Å²) in [5.74, 6) is -1.24. The Balaban J connectivity index is 1.46. The number of nitrogens with one attached hydrogen (secondary N) is 2. The summed E-state index contributed by atoms with van der Waals surface area (Å²) in [5.41, 5.74) is 3.21. The van der Waals surface area contributed by atoms with Crippen LogP contribution in [0.25, 0.3) is 10.9 Å². The normalized spacial score (nSPS) is 24.5. The lowest BCUT2D eigenvalue weighted by Crippen LogP contribution is -2.46. The van der Waals surface area contributed by atoms with Crippen LogP contribution in [0.15, 0.2) is 48.5 Å². The summed E-state index contributed by atoms with van der Waals surface area (Å²) in [5, 5.41) is 4.45. The Kier molecular flexibility index (Phi) is 4.33. The lowest BCUT2D eigenvalue weighted by atomic mass is 9.80. The van der Waals surface area contributed by atoms with E-state index in [2.05, 4.69) is 10.3 Å². The number of fused-ring (bicyclic) bond motifs is 6. The summed E-state index contributed by atoms with van der Waals surface area (Å²) in [6, 6.07) is 14.4. The molecule has 3 heterocycles. The highest BCUT2D eigenvalue weighted by atomic mass is 35.5. The molecule has 7 heteroatoms. The standard InChI is InChI=1S/C22H19ClN2O4/c1-2-28-22(27)17-18(20-14-6-4-3-5-13(14)19(17)29-20)25-21(26)16-10-11-9-12(23)7-8-15(11)24-16/h3-10,17-20,24H,2H2,1H3,(H,25,26)/t17?,18?,19-,20-/m1/s1. The molecule has 29 heavy (non-hydrogen) atoms. The molecule has 2 unspecified atom stereocenters. The number of rotatable bonds is 4. The third-order valence-corrected chi connectivity index (χ3v) is 5.86. The van der Waals surface area contributed by atoms with Crippen molar-refractivity contribution >= 4 is 34.4 Å². The molecule has 1 aromatic heterocycles. The number of aromatic nitrogens is 1. The van der Waals surface area contributed by atoms with Gasteiger partial charge in [0.25, 0.3) is 5.91 Å². The zero-order valence-electron chi connectivity index (χ0n) is 15.6. The molecule has 2 bridgehead atoms. The molecule has 0 spiro atoms. The van der Waals surface area contributed by atoms with Gasteiger partial charge < -0.3 is 19.8 Å². The van der Waals surface area contributed by atoms with E-state index in [-0.39, 0.29) is 24.6 Å². The molecule has 1 fully saturated rings. The molecular weight excluding hydrogens is 392 g/mol. The van der Waals surface area contributed by atoms with Crippen LogP contribution in [0.3, 0.4) is 0 Å². The Bertz CT molecular complexity index is 1120. The van der Waals surface area contributed by atoms with E-state index in [9.17, 15) is 9.59 Å². The van der Waals surface area contributed by atoms with Gasteiger partial charge in [0.1, 0.15) is 17.7 Å². The van der Waals surface area contributed by atoms with Gasteiger partial charge in [-0.2, -0.15) is 0 Å². The Labute approximate surface area is 172 Å². The van der Waals surface area contributed by atoms with Crippen LogP contribution in [0.5, 0.6) is 0 Å². The van der Waals surface area contributed by atoms with Crippen LogP contribution < -0.4 is 5.32 Å². The summed E-state index contributed by atoms with van der Waals surface area (Å²) in [7, 11) is 0. The van der Waals surface area contributed by atoms with E-state index >= 15 is 0 Å². The number of halogens is 1. The van der Waals surface area contributed by atoms with Gasteiger partial charge in [-0.15, -0.1) is 0 Å². The quantitative estimate of drug-likeness (QED) is 0.639. The lowest BCUT2D eigenvalue weighted by molar-refractivity contribution is -0.150. The third kappa shape index (κ3) is 2.91. The van der Waals surface area contributed by atoms with E-state index in [0.29, 0.717) is 10.7 Å². The molecule has 0 radical (unpaired) electrons. The number of aromatic amines is 1. The first kappa shape index (κ1) is 18.2. The minimum absolute atomic E-state index is 0.276. The second-order valence-corrected chi connectivity index (χ2v) is 7.73. The topological polar surface area (TPSA) is 80.4 Å². The maximum Gasteiger partial charge on any atom is 0.314 e. The maximum atomic E-state index is 13.0. The van der Waals surface area contributed by atoms with Crippen molar-refractivity contribution in [3.63, 3.8) is 0 Å². The van der Waals surface area contributed by atoms with Crippen molar-refractivity contribution in [3.05, 3.63) is 70.4 Å². The second kappa shape index (κ2) is 6.90. The number of benzene rings is 2. The van der Waals surface area contributed by atoms with Gasteiger partial charge in [0.05, 0.1) is 18.8 Å². The fraction of sp³-hybridized carbons (Fsp3) is 0.273. The van der Waals surface area contributed by atoms with Gasteiger partial charge >= 0.3 is 5.97 Å². The average molecular weight is 411 g/mol. The van der Waals surface area contributed by atoms with Crippen molar-refractivity contribution in [2.75, 3.05) is 6.61 Å². The fourth-order valence-electron chi connectivity index (χ4n) is 4.40. The number of esters is 1. The van der Waals surface area contributed by atoms with Crippen LogP contribution in [0, 0.1) is 5.92 Å². The molecule has 0 aliphatic carbocycles. The van der Waals surface area contributed by atoms with Crippen LogP contribution in [0.1, 0.15) is 40.7 Å². The predicted octanol–water partition coefficient (Wildman–Crippen LogP) is 3.93. The molecular formula is C22H19ClN2O4. The minimum Gasteiger partial charge on any atom is -0.466 e. The third-order valence-electron chi connectivity index (χ3n) is 5.63. The molecule has 1 amide bonds. The number of amides is 1. The molecule has 0 saturated carbocycles. The Morgan fingerprint density at radius 2 is 1.90 bits per heavy atom. The molecule has 5 rings (SSSR count). The van der Waals surface area contributed by atoms with Crippen LogP contribution in [-0.4, -0.2) is 29.5 Å². The minimum atomic E-state index is -0.586. The summed E-state index contributed by atoms with van der Waals surface area (Å²) in [4.78, 5) is 28.8. The lowest BCUT2D eigenvalue weighted by Gasteiger charge is -2.28. The molecule has 2 aromatic carbocycles. The van der Waals surface area contributed by atoms with Crippen LogP contribution in [0.2, 0.25) is 5.02 Å². The molecule has 3 aromatic rings. The number of H-pyrrole nitrogens is 1. The smallest absolute Gasteiger partial charge is 0.314 e. The monoisotopic (exact) mass is 410 g/mol. The van der Waals surface area contributed by atoms with Gasteiger partial charge in [-0.05, 0) is 42.3 Å². The van der Waals surface area contributed by atoms with Gasteiger partial charge in [-0.25, -0.2) is 0 Å². The van der Waals surface area contributed by atoms with E-state index in [1.165, 1.54) is 0 Å². The molecule has 2 aliphatic rings. The summed E-state index contributed by atoms with van der Waals surface area (Å²) < 4.78 is 11.4. The molecule has 148 valence electrons. The van der Waals surface area contributed by atoms with Crippen molar-refractivity contribution in [1.29, 1.82) is 0 Å². The first-order chi connectivity index (χ1) is 14.1. The number of hydrogen-bond acceptors (Lipinski definition) is 4. The summed E-state index contributed by atoms with van der Waals surface area (Å²) in [6.45, 7) is 2.04. The van der Waals surface area contributed by atoms with Crippen molar-refractivity contribution in [3.8, 4) is 0 Å². The molecule has 1 saturated heterocycles. The van der Waals surface area contributed by atoms with Crippen molar-refractivity contribution in [1.82, 2.24) is 10.3 Å². The fourth-order valence-corrected chi connectivity index (χ4v) is 4.58. The average Bonchev–Trinajstić information content (AvgIpc) is 3.39. The second-order valence-electron chi connectivity index (χ2n) is 7.30. The zero-order chi connectivity index (χ0) is 20.1. The van der Waals surface area contributed by atoms with E-state index in [1.54, 1.807) is 25.1 Å². The molecule has 6 nitrogen and oxygen atoms in total. The number of ether oxygens (including phenoxy) is 2. The first-order valence-electron chi connectivity index (χ1n) is 9.57. The van der Waals surface area contributed by atoms with Gasteiger partial charge in [-0.1, -0.05) is 35.9 Å². The van der Waals surface area contributed by atoms with Gasteiger partial charge in [0, 0.05) is 15.9 Å². The highest BCUT2D eigenvalue weighted by Crippen LogP contribution is 2.54. The van der Waals surface area contributed by atoms with E-state index in [1.807, 2.05) is 30.3 Å². The summed E-state index contributed by atoms with van der Waals surface area (Å²) >= 11 is 6.04. The maximum absolute atomic E-state index is 13.0. The van der Waals surface area contributed by atoms with Crippen molar-refractivity contribution in [2.24, 2.45) is 5.92 Å². The summed E-state index contributed by atoms with van der Waals surface area (Å²) in [6.07, 6.45) is -0.796. The molecule has 2 N–H and O–H groups in total. The SMILES string of the molecule is CCOC(=O)C1C(NC(=O)c2cc3cc(Cl)ccc3[nH]2)[C@@H]2O[C@@H]1c1ccccc12. The van der Waals surface area contributed by atoms with Gasteiger partial charge in [-0.3, -0.25) is 9.59 Å². The van der Waals surface area contributed by atoms with E-state index in [0.717, 1.165) is 22.0 Å².